The third-order valence-corrected chi connectivity index (χ3v) is 1.36. The fourth-order valence-corrected chi connectivity index (χ4v) is 0.724. The summed E-state index contributed by atoms with van der Waals surface area (Å²) >= 11 is 0. The van der Waals surface area contributed by atoms with E-state index in [2.05, 4.69) is 12.2 Å². The first-order valence-corrected chi connectivity index (χ1v) is 3.78. The van der Waals surface area contributed by atoms with Crippen molar-refractivity contribution >= 4 is 0 Å². The second-order valence-electron chi connectivity index (χ2n) is 2.74. The summed E-state index contributed by atoms with van der Waals surface area (Å²) in [6.45, 7) is 5.19. The highest BCUT2D eigenvalue weighted by Crippen LogP contribution is 1.87. The monoisotopic (exact) mass is 146 g/mol. The number of rotatable bonds is 5. The molecule has 3 nitrogen and oxygen atoms in total. The van der Waals surface area contributed by atoms with Crippen LogP contribution in [0.3, 0.4) is 0 Å². The molecule has 4 N–H and O–H groups in total. The molecular formula is C7H18N2O. The molecule has 0 aromatic rings. The van der Waals surface area contributed by atoms with Crippen LogP contribution in [0.15, 0.2) is 0 Å². The Morgan fingerprint density at radius 2 is 2.10 bits per heavy atom. The summed E-state index contributed by atoms with van der Waals surface area (Å²) < 4.78 is 0. The Balaban J connectivity index is 3.12. The maximum absolute atomic E-state index is 8.88. The quantitative estimate of drug-likeness (QED) is 0.499. The highest BCUT2D eigenvalue weighted by atomic mass is 16.3. The van der Waals surface area contributed by atoms with Crippen molar-refractivity contribution in [3.05, 3.63) is 0 Å². The molecule has 0 aromatic heterocycles. The summed E-state index contributed by atoms with van der Waals surface area (Å²) in [6.07, 6.45) is 0.701. The summed E-state index contributed by atoms with van der Waals surface area (Å²) in [7, 11) is 0. The standard InChI is InChI=1S/C7H18N2O/c1-6(3-4-8)9-5-7(2)10/h6-7,9-10H,3-5,8H2,1-2H3. The molecule has 0 saturated carbocycles. The SMILES string of the molecule is CC(O)CNC(C)CCN. The van der Waals surface area contributed by atoms with E-state index in [0.717, 1.165) is 6.42 Å². The van der Waals surface area contributed by atoms with Crippen LogP contribution in [0.25, 0.3) is 0 Å². The van der Waals surface area contributed by atoms with Crippen LogP contribution in [0.5, 0.6) is 0 Å². The zero-order valence-electron chi connectivity index (χ0n) is 6.80. The van der Waals surface area contributed by atoms with Gasteiger partial charge in [0, 0.05) is 12.6 Å². The molecule has 0 radical (unpaired) electrons. The zero-order chi connectivity index (χ0) is 7.98. The molecule has 0 aromatic carbocycles. The fraction of sp³-hybridized carbons (Fsp3) is 1.00. The van der Waals surface area contributed by atoms with Crippen LogP contribution < -0.4 is 11.1 Å². The van der Waals surface area contributed by atoms with Gasteiger partial charge in [-0.05, 0) is 26.8 Å². The van der Waals surface area contributed by atoms with Gasteiger partial charge in [0.1, 0.15) is 0 Å². The van der Waals surface area contributed by atoms with Gasteiger partial charge in [-0.2, -0.15) is 0 Å². The van der Waals surface area contributed by atoms with Crippen molar-refractivity contribution in [3.8, 4) is 0 Å². The molecule has 0 rings (SSSR count). The van der Waals surface area contributed by atoms with Gasteiger partial charge in [0.15, 0.2) is 0 Å². The second kappa shape index (κ2) is 5.65. The van der Waals surface area contributed by atoms with E-state index in [0.29, 0.717) is 19.1 Å². The average Bonchev–Trinajstić information content (AvgIpc) is 1.85. The molecule has 0 saturated heterocycles. The average molecular weight is 146 g/mol. The minimum atomic E-state index is -0.264. The molecule has 0 spiro atoms. The number of nitrogens with two attached hydrogens (primary N) is 1. The van der Waals surface area contributed by atoms with Crippen molar-refractivity contribution in [1.82, 2.24) is 5.32 Å². The Labute approximate surface area is 62.6 Å². The van der Waals surface area contributed by atoms with Gasteiger partial charge in [0.2, 0.25) is 0 Å². The Kier molecular flexibility index (Phi) is 5.58. The predicted octanol–water partition coefficient (Wildman–Crippen LogP) is -0.306. The van der Waals surface area contributed by atoms with Crippen LogP contribution in [0.4, 0.5) is 0 Å². The lowest BCUT2D eigenvalue weighted by Gasteiger charge is -2.13. The molecule has 0 bridgehead atoms. The molecule has 0 heterocycles. The molecule has 2 unspecified atom stereocenters. The highest BCUT2D eigenvalue weighted by molar-refractivity contribution is 4.62. The van der Waals surface area contributed by atoms with Crippen LogP contribution in [0, 0.1) is 0 Å². The summed E-state index contributed by atoms with van der Waals surface area (Å²) in [5, 5.41) is 12.0. The maximum Gasteiger partial charge on any atom is 0.0636 e. The molecule has 2 atom stereocenters. The molecule has 0 fully saturated rings. The van der Waals surface area contributed by atoms with Gasteiger partial charge in [-0.3, -0.25) is 0 Å². The number of hydrogen-bond donors (Lipinski definition) is 3. The van der Waals surface area contributed by atoms with Crippen molar-refractivity contribution in [2.45, 2.75) is 32.4 Å². The predicted molar refractivity (Wildman–Crippen MR) is 42.8 cm³/mol. The van der Waals surface area contributed by atoms with E-state index in [-0.39, 0.29) is 6.10 Å². The minimum absolute atomic E-state index is 0.264. The van der Waals surface area contributed by atoms with Crippen LogP contribution in [0.1, 0.15) is 20.3 Å². The first kappa shape index (κ1) is 9.88. The number of aliphatic hydroxyl groups is 1. The summed E-state index contributed by atoms with van der Waals surface area (Å²) in [5.74, 6) is 0. The number of hydrogen-bond acceptors (Lipinski definition) is 3. The molecule has 0 aliphatic carbocycles. The van der Waals surface area contributed by atoms with E-state index < -0.39 is 0 Å². The largest absolute Gasteiger partial charge is 0.392 e. The van der Waals surface area contributed by atoms with Gasteiger partial charge < -0.3 is 16.2 Å². The van der Waals surface area contributed by atoms with Crippen molar-refractivity contribution in [3.63, 3.8) is 0 Å². The van der Waals surface area contributed by atoms with Crippen LogP contribution in [-0.4, -0.2) is 30.3 Å². The molecule has 10 heavy (non-hydrogen) atoms. The van der Waals surface area contributed by atoms with Crippen molar-refractivity contribution in [2.75, 3.05) is 13.1 Å². The van der Waals surface area contributed by atoms with Crippen LogP contribution >= 0.6 is 0 Å². The van der Waals surface area contributed by atoms with Crippen molar-refractivity contribution < 1.29 is 5.11 Å². The van der Waals surface area contributed by atoms with Gasteiger partial charge in [-0.15, -0.1) is 0 Å². The van der Waals surface area contributed by atoms with Crippen LogP contribution in [0.2, 0.25) is 0 Å². The fourth-order valence-electron chi connectivity index (χ4n) is 0.724. The van der Waals surface area contributed by atoms with E-state index in [1.54, 1.807) is 6.92 Å². The van der Waals surface area contributed by atoms with E-state index in [9.17, 15) is 0 Å². The molecule has 0 amide bonds. The first-order chi connectivity index (χ1) is 4.66. The Morgan fingerprint density at radius 1 is 1.50 bits per heavy atom. The van der Waals surface area contributed by atoms with E-state index in [4.69, 9.17) is 10.8 Å². The van der Waals surface area contributed by atoms with E-state index >= 15 is 0 Å². The molecule has 0 aliphatic heterocycles. The van der Waals surface area contributed by atoms with Gasteiger partial charge in [-0.1, -0.05) is 0 Å². The van der Waals surface area contributed by atoms with E-state index in [1.807, 2.05) is 0 Å². The summed E-state index contributed by atoms with van der Waals surface area (Å²) in [6, 6.07) is 0.416. The van der Waals surface area contributed by atoms with Crippen molar-refractivity contribution in [2.24, 2.45) is 5.73 Å². The molecule has 0 aliphatic rings. The highest BCUT2D eigenvalue weighted by Gasteiger charge is 2.00. The third-order valence-electron chi connectivity index (χ3n) is 1.36. The lowest BCUT2D eigenvalue weighted by Crippen LogP contribution is -2.33. The Bertz CT molecular complexity index is 76.0. The normalized spacial score (nSPS) is 16.8. The van der Waals surface area contributed by atoms with E-state index in [1.165, 1.54) is 0 Å². The van der Waals surface area contributed by atoms with Crippen LogP contribution in [-0.2, 0) is 0 Å². The number of nitrogens with one attached hydrogen (secondary N) is 1. The summed E-state index contributed by atoms with van der Waals surface area (Å²) in [5.41, 5.74) is 5.33. The molecular weight excluding hydrogens is 128 g/mol. The summed E-state index contributed by atoms with van der Waals surface area (Å²) in [4.78, 5) is 0. The first-order valence-electron chi connectivity index (χ1n) is 3.78. The maximum atomic E-state index is 8.88. The minimum Gasteiger partial charge on any atom is -0.392 e. The second-order valence-corrected chi connectivity index (χ2v) is 2.74. The van der Waals surface area contributed by atoms with Gasteiger partial charge >= 0.3 is 0 Å². The van der Waals surface area contributed by atoms with Gasteiger partial charge in [0.05, 0.1) is 6.10 Å². The smallest absolute Gasteiger partial charge is 0.0636 e. The lowest BCUT2D eigenvalue weighted by molar-refractivity contribution is 0.186. The molecule has 62 valence electrons. The Morgan fingerprint density at radius 3 is 2.50 bits per heavy atom. The van der Waals surface area contributed by atoms with Gasteiger partial charge in [-0.25, -0.2) is 0 Å². The third kappa shape index (κ3) is 6.01. The Hall–Kier alpha value is -0.120. The topological polar surface area (TPSA) is 58.3 Å². The molecule has 3 heteroatoms. The zero-order valence-corrected chi connectivity index (χ0v) is 6.80. The van der Waals surface area contributed by atoms with Crippen molar-refractivity contribution in [1.29, 1.82) is 0 Å². The van der Waals surface area contributed by atoms with Gasteiger partial charge in [0.25, 0.3) is 0 Å². The number of aliphatic hydroxyl groups excluding tert-OH is 1. The lowest BCUT2D eigenvalue weighted by atomic mass is 10.2.